The number of anilines is 1. The topological polar surface area (TPSA) is 53.0 Å². The van der Waals surface area contributed by atoms with Crippen LogP contribution in [0.1, 0.15) is 37.8 Å². The summed E-state index contributed by atoms with van der Waals surface area (Å²) in [6.07, 6.45) is 1.82. The number of nitrogens with zero attached hydrogens (tertiary/aromatic N) is 3. The van der Waals surface area contributed by atoms with Gasteiger partial charge in [-0.3, -0.25) is 9.59 Å². The number of fused-ring (bicyclic) bond motifs is 1. The maximum Gasteiger partial charge on any atom is 0.243 e. The van der Waals surface area contributed by atoms with E-state index in [1.165, 1.54) is 5.56 Å². The molecule has 1 unspecified atom stereocenters. The third-order valence-electron chi connectivity index (χ3n) is 4.48. The number of carbonyl (C=O) groups is 2. The van der Waals surface area contributed by atoms with Crippen LogP contribution in [-0.4, -0.2) is 36.1 Å². The molecule has 116 valence electrons. The molecule has 1 aromatic carbocycles. The van der Waals surface area contributed by atoms with Gasteiger partial charge in [-0.15, -0.1) is 0 Å². The van der Waals surface area contributed by atoms with E-state index in [9.17, 15) is 9.59 Å². The third kappa shape index (κ3) is 2.40. The lowest BCUT2D eigenvalue weighted by Crippen LogP contribution is -2.36. The molecule has 22 heavy (non-hydrogen) atoms. The van der Waals surface area contributed by atoms with E-state index in [4.69, 9.17) is 0 Å². The van der Waals surface area contributed by atoms with Crippen molar-refractivity contribution in [3.05, 3.63) is 29.3 Å². The van der Waals surface area contributed by atoms with Crippen molar-refractivity contribution in [2.24, 2.45) is 11.0 Å². The molecule has 5 heteroatoms. The molecule has 0 N–H and O–H groups in total. The van der Waals surface area contributed by atoms with Gasteiger partial charge in [-0.25, -0.2) is 5.01 Å². The van der Waals surface area contributed by atoms with Crippen molar-refractivity contribution in [2.75, 3.05) is 18.5 Å². The molecule has 0 aliphatic carbocycles. The van der Waals surface area contributed by atoms with Gasteiger partial charge in [0, 0.05) is 38.0 Å². The van der Waals surface area contributed by atoms with E-state index in [0.29, 0.717) is 19.4 Å². The van der Waals surface area contributed by atoms with Gasteiger partial charge < -0.3 is 4.90 Å². The zero-order chi connectivity index (χ0) is 15.9. The molecule has 2 heterocycles. The summed E-state index contributed by atoms with van der Waals surface area (Å²) in [6.45, 7) is 4.57. The largest absolute Gasteiger partial charge is 0.315 e. The fourth-order valence-electron chi connectivity index (χ4n) is 3.15. The van der Waals surface area contributed by atoms with Crippen molar-refractivity contribution in [3.63, 3.8) is 0 Å². The van der Waals surface area contributed by atoms with Crippen LogP contribution in [0.3, 0.4) is 0 Å². The molecule has 0 bridgehead atoms. The number of amides is 2. The highest BCUT2D eigenvalue weighted by Gasteiger charge is 2.28. The lowest BCUT2D eigenvalue weighted by molar-refractivity contribution is -0.132. The number of carbonyl (C=O) groups excluding carboxylic acids is 2. The summed E-state index contributed by atoms with van der Waals surface area (Å²) in [5.41, 5.74) is 4.17. The highest BCUT2D eigenvalue weighted by Crippen LogP contribution is 2.29. The highest BCUT2D eigenvalue weighted by atomic mass is 16.2. The average Bonchev–Trinajstić information content (AvgIpc) is 2.51. The summed E-state index contributed by atoms with van der Waals surface area (Å²) in [7, 11) is 1.82. The first-order chi connectivity index (χ1) is 10.5. The molecule has 2 aliphatic rings. The standard InChI is InChI=1S/C17H21N3O2/c1-4-20-16(22)9-11(2)17(18-20)13-5-7-14-12(10-13)6-8-15(21)19(14)3/h5,7,10-11H,4,6,8-9H2,1-3H3. The predicted molar refractivity (Wildman–Crippen MR) is 85.9 cm³/mol. The molecular weight excluding hydrogens is 278 g/mol. The van der Waals surface area contributed by atoms with Gasteiger partial charge in [-0.2, -0.15) is 5.10 Å². The van der Waals surface area contributed by atoms with Gasteiger partial charge in [0.1, 0.15) is 0 Å². The van der Waals surface area contributed by atoms with Crippen molar-refractivity contribution in [3.8, 4) is 0 Å². The number of rotatable bonds is 2. The summed E-state index contributed by atoms with van der Waals surface area (Å²) < 4.78 is 0. The fourth-order valence-corrected chi connectivity index (χ4v) is 3.15. The fraction of sp³-hybridized carbons (Fsp3) is 0.471. The maximum atomic E-state index is 11.9. The van der Waals surface area contributed by atoms with Crippen molar-refractivity contribution < 1.29 is 9.59 Å². The van der Waals surface area contributed by atoms with Crippen LogP contribution in [0, 0.1) is 5.92 Å². The molecule has 0 radical (unpaired) electrons. The number of aryl methyl sites for hydroxylation is 1. The van der Waals surface area contributed by atoms with E-state index >= 15 is 0 Å². The zero-order valence-corrected chi connectivity index (χ0v) is 13.3. The van der Waals surface area contributed by atoms with Crippen molar-refractivity contribution in [2.45, 2.75) is 33.1 Å². The van der Waals surface area contributed by atoms with Crippen molar-refractivity contribution in [1.82, 2.24) is 5.01 Å². The van der Waals surface area contributed by atoms with E-state index in [2.05, 4.69) is 11.2 Å². The molecule has 0 aromatic heterocycles. The van der Waals surface area contributed by atoms with Crippen LogP contribution in [0.4, 0.5) is 5.69 Å². The monoisotopic (exact) mass is 299 g/mol. The molecule has 0 fully saturated rings. The van der Waals surface area contributed by atoms with Crippen LogP contribution in [-0.2, 0) is 16.0 Å². The van der Waals surface area contributed by atoms with Crippen molar-refractivity contribution >= 4 is 23.2 Å². The second kappa shape index (κ2) is 5.55. The minimum absolute atomic E-state index is 0.0852. The van der Waals surface area contributed by atoms with Crippen LogP contribution >= 0.6 is 0 Å². The molecule has 1 aromatic rings. The second-order valence-corrected chi connectivity index (χ2v) is 6.00. The predicted octanol–water partition coefficient (Wildman–Crippen LogP) is 2.19. The number of benzene rings is 1. The van der Waals surface area contributed by atoms with E-state index in [1.807, 2.05) is 33.0 Å². The molecule has 2 aliphatic heterocycles. The SMILES string of the molecule is CCN1N=C(c2ccc3c(c2)CCC(=O)N3C)C(C)CC1=O. The molecule has 2 amide bonds. The number of hydrogen-bond acceptors (Lipinski definition) is 3. The van der Waals surface area contributed by atoms with Gasteiger partial charge >= 0.3 is 0 Å². The third-order valence-corrected chi connectivity index (χ3v) is 4.48. The Morgan fingerprint density at radius 2 is 2.00 bits per heavy atom. The Labute approximate surface area is 130 Å². The molecule has 0 spiro atoms. The number of hydrazone groups is 1. The minimum atomic E-state index is 0.0852. The van der Waals surface area contributed by atoms with Gasteiger partial charge in [-0.1, -0.05) is 13.0 Å². The van der Waals surface area contributed by atoms with Crippen LogP contribution in [0.25, 0.3) is 0 Å². The Balaban J connectivity index is 1.99. The van der Waals surface area contributed by atoms with Gasteiger partial charge in [0.15, 0.2) is 0 Å². The molecule has 3 rings (SSSR count). The summed E-state index contributed by atoms with van der Waals surface area (Å²) in [6, 6.07) is 6.12. The molecule has 5 nitrogen and oxygen atoms in total. The first kappa shape index (κ1) is 14.8. The zero-order valence-electron chi connectivity index (χ0n) is 13.3. The Hall–Kier alpha value is -2.17. The lowest BCUT2D eigenvalue weighted by Gasteiger charge is -2.29. The Morgan fingerprint density at radius 1 is 1.23 bits per heavy atom. The quantitative estimate of drug-likeness (QED) is 0.840. The maximum absolute atomic E-state index is 11.9. The first-order valence-corrected chi connectivity index (χ1v) is 7.80. The average molecular weight is 299 g/mol. The molecule has 1 atom stereocenters. The normalized spacial score (nSPS) is 21.8. The van der Waals surface area contributed by atoms with Crippen molar-refractivity contribution in [1.29, 1.82) is 0 Å². The lowest BCUT2D eigenvalue weighted by atomic mass is 9.90. The van der Waals surface area contributed by atoms with Gasteiger partial charge in [0.25, 0.3) is 0 Å². The van der Waals surface area contributed by atoms with Crippen LogP contribution in [0.5, 0.6) is 0 Å². The minimum Gasteiger partial charge on any atom is -0.315 e. The summed E-state index contributed by atoms with van der Waals surface area (Å²) in [5, 5.41) is 6.08. The first-order valence-electron chi connectivity index (χ1n) is 7.80. The molecule has 0 saturated carbocycles. The Bertz CT molecular complexity index is 666. The van der Waals surface area contributed by atoms with E-state index < -0.39 is 0 Å². The Kier molecular flexibility index (Phi) is 3.72. The molecular formula is C17H21N3O2. The van der Waals surface area contributed by atoms with Gasteiger partial charge in [-0.05, 0) is 36.6 Å². The van der Waals surface area contributed by atoms with E-state index in [0.717, 1.165) is 23.4 Å². The van der Waals surface area contributed by atoms with Gasteiger partial charge in [0.05, 0.1) is 5.71 Å². The van der Waals surface area contributed by atoms with E-state index in [-0.39, 0.29) is 17.7 Å². The summed E-state index contributed by atoms with van der Waals surface area (Å²) >= 11 is 0. The van der Waals surface area contributed by atoms with E-state index in [1.54, 1.807) is 9.91 Å². The smallest absolute Gasteiger partial charge is 0.243 e. The highest BCUT2D eigenvalue weighted by molar-refractivity contribution is 6.06. The summed E-state index contributed by atoms with van der Waals surface area (Å²) in [4.78, 5) is 25.4. The van der Waals surface area contributed by atoms with Crippen LogP contribution < -0.4 is 4.90 Å². The van der Waals surface area contributed by atoms with Crippen LogP contribution in [0.15, 0.2) is 23.3 Å². The summed E-state index contributed by atoms with van der Waals surface area (Å²) in [5.74, 6) is 0.365. The van der Waals surface area contributed by atoms with Crippen LogP contribution in [0.2, 0.25) is 0 Å². The number of hydrogen-bond donors (Lipinski definition) is 0. The molecule has 0 saturated heterocycles. The Morgan fingerprint density at radius 3 is 2.73 bits per heavy atom. The van der Waals surface area contributed by atoms with Gasteiger partial charge in [0.2, 0.25) is 11.8 Å². The second-order valence-electron chi connectivity index (χ2n) is 6.00.